The Morgan fingerprint density at radius 2 is 1.77 bits per heavy atom. The SMILES string of the molecule is CCOCc1ccccc1CNC(=O)C1(C(F)(F)F)CCN(Cc2ccccc2)C1. The van der Waals surface area contributed by atoms with Crippen LogP contribution in [0.15, 0.2) is 54.6 Å². The first-order valence-corrected chi connectivity index (χ1v) is 10.1. The Balaban J connectivity index is 1.70. The van der Waals surface area contributed by atoms with E-state index in [0.29, 0.717) is 19.8 Å². The molecule has 1 unspecified atom stereocenters. The van der Waals surface area contributed by atoms with Crippen molar-refractivity contribution in [3.8, 4) is 0 Å². The number of carbonyl (C=O) groups excluding carboxylic acids is 1. The van der Waals surface area contributed by atoms with Gasteiger partial charge in [0.25, 0.3) is 0 Å². The lowest BCUT2D eigenvalue weighted by Gasteiger charge is -2.30. The molecule has 0 aliphatic carbocycles. The van der Waals surface area contributed by atoms with Gasteiger partial charge in [0.15, 0.2) is 5.41 Å². The summed E-state index contributed by atoms with van der Waals surface area (Å²) in [5.74, 6) is -0.961. The third-order valence-corrected chi connectivity index (χ3v) is 5.59. The largest absolute Gasteiger partial charge is 0.404 e. The van der Waals surface area contributed by atoms with E-state index < -0.39 is 17.5 Å². The fraction of sp³-hybridized carbons (Fsp3) is 0.435. The summed E-state index contributed by atoms with van der Waals surface area (Å²) in [4.78, 5) is 14.5. The zero-order valence-corrected chi connectivity index (χ0v) is 17.0. The van der Waals surface area contributed by atoms with Crippen molar-refractivity contribution in [1.82, 2.24) is 10.2 Å². The van der Waals surface area contributed by atoms with Crippen LogP contribution in [0.1, 0.15) is 30.0 Å². The Labute approximate surface area is 175 Å². The zero-order chi connectivity index (χ0) is 21.6. The van der Waals surface area contributed by atoms with Crippen LogP contribution in [0.25, 0.3) is 0 Å². The Morgan fingerprint density at radius 1 is 1.10 bits per heavy atom. The van der Waals surface area contributed by atoms with Gasteiger partial charge < -0.3 is 10.1 Å². The van der Waals surface area contributed by atoms with Gasteiger partial charge in [-0.25, -0.2) is 0 Å². The molecule has 1 N–H and O–H groups in total. The smallest absolute Gasteiger partial charge is 0.377 e. The van der Waals surface area contributed by atoms with Gasteiger partial charge in [0.05, 0.1) is 6.61 Å². The Kier molecular flexibility index (Phi) is 7.15. The molecular formula is C23H27F3N2O2. The molecule has 7 heteroatoms. The minimum absolute atomic E-state index is 0.0403. The van der Waals surface area contributed by atoms with E-state index in [-0.39, 0.29) is 26.1 Å². The second-order valence-electron chi connectivity index (χ2n) is 7.61. The molecule has 1 saturated heterocycles. The molecule has 1 aliphatic rings. The number of rotatable bonds is 8. The van der Waals surface area contributed by atoms with Crippen molar-refractivity contribution in [1.29, 1.82) is 0 Å². The number of amides is 1. The molecule has 0 bridgehead atoms. The molecule has 1 aliphatic heterocycles. The van der Waals surface area contributed by atoms with Gasteiger partial charge in [-0.15, -0.1) is 0 Å². The minimum atomic E-state index is -4.62. The number of hydrogen-bond donors (Lipinski definition) is 1. The Morgan fingerprint density at radius 3 is 2.43 bits per heavy atom. The number of nitrogens with one attached hydrogen (secondary N) is 1. The summed E-state index contributed by atoms with van der Waals surface area (Å²) in [6, 6.07) is 16.6. The standard InChI is InChI=1S/C23H27F3N2O2/c1-2-30-16-20-11-7-6-10-19(20)14-27-21(29)22(23(24,25)26)12-13-28(17-22)15-18-8-4-3-5-9-18/h3-11H,2,12-17H2,1H3,(H,27,29). The quantitative estimate of drug-likeness (QED) is 0.693. The molecule has 1 atom stereocenters. The summed E-state index contributed by atoms with van der Waals surface area (Å²) in [5.41, 5.74) is 0.158. The predicted octanol–water partition coefficient (Wildman–Crippen LogP) is 4.29. The summed E-state index contributed by atoms with van der Waals surface area (Å²) in [6.07, 6.45) is -4.86. The predicted molar refractivity (Wildman–Crippen MR) is 108 cm³/mol. The van der Waals surface area contributed by atoms with E-state index in [1.54, 1.807) is 17.0 Å². The average molecular weight is 420 g/mol. The van der Waals surface area contributed by atoms with Gasteiger partial charge in [-0.1, -0.05) is 54.6 Å². The summed E-state index contributed by atoms with van der Waals surface area (Å²) in [6.45, 7) is 3.09. The van der Waals surface area contributed by atoms with Gasteiger partial charge >= 0.3 is 6.18 Å². The maximum Gasteiger partial charge on any atom is 0.404 e. The maximum absolute atomic E-state index is 14.0. The molecular weight excluding hydrogens is 393 g/mol. The Hall–Kier alpha value is -2.38. The highest BCUT2D eigenvalue weighted by Gasteiger charge is 2.62. The zero-order valence-electron chi connectivity index (χ0n) is 17.0. The van der Waals surface area contributed by atoms with E-state index in [9.17, 15) is 18.0 Å². The molecule has 2 aromatic rings. The molecule has 1 fully saturated rings. The summed E-state index contributed by atoms with van der Waals surface area (Å²) < 4.78 is 47.5. The topological polar surface area (TPSA) is 41.6 Å². The van der Waals surface area contributed by atoms with E-state index in [2.05, 4.69) is 5.32 Å². The highest BCUT2D eigenvalue weighted by atomic mass is 19.4. The van der Waals surface area contributed by atoms with Gasteiger partial charge in [0.2, 0.25) is 5.91 Å². The molecule has 0 radical (unpaired) electrons. The Bertz CT molecular complexity index is 842. The first-order chi connectivity index (χ1) is 14.4. The van der Waals surface area contributed by atoms with Crippen LogP contribution in [0, 0.1) is 5.41 Å². The molecule has 3 rings (SSSR count). The second-order valence-corrected chi connectivity index (χ2v) is 7.61. The number of hydrogen-bond acceptors (Lipinski definition) is 3. The van der Waals surface area contributed by atoms with Crippen LogP contribution in [0.4, 0.5) is 13.2 Å². The molecule has 2 aromatic carbocycles. The van der Waals surface area contributed by atoms with Gasteiger partial charge in [-0.3, -0.25) is 9.69 Å². The van der Waals surface area contributed by atoms with Gasteiger partial charge in [0.1, 0.15) is 0 Å². The van der Waals surface area contributed by atoms with Crippen molar-refractivity contribution < 1.29 is 22.7 Å². The first-order valence-electron chi connectivity index (χ1n) is 10.1. The summed E-state index contributed by atoms with van der Waals surface area (Å²) in [7, 11) is 0. The van der Waals surface area contributed by atoms with Crippen molar-refractivity contribution in [2.75, 3.05) is 19.7 Å². The highest BCUT2D eigenvalue weighted by Crippen LogP contribution is 2.46. The van der Waals surface area contributed by atoms with Crippen LogP contribution < -0.4 is 5.32 Å². The molecule has 1 heterocycles. The summed E-state index contributed by atoms with van der Waals surface area (Å²) >= 11 is 0. The monoisotopic (exact) mass is 420 g/mol. The van der Waals surface area contributed by atoms with Crippen LogP contribution in [-0.2, 0) is 29.2 Å². The van der Waals surface area contributed by atoms with Gasteiger partial charge in [0, 0.05) is 26.2 Å². The first kappa shape index (κ1) is 22.3. The lowest BCUT2D eigenvalue weighted by Crippen LogP contribution is -2.52. The van der Waals surface area contributed by atoms with Crippen LogP contribution in [0.5, 0.6) is 0 Å². The van der Waals surface area contributed by atoms with Crippen molar-refractivity contribution >= 4 is 5.91 Å². The maximum atomic E-state index is 14.0. The number of nitrogens with zero attached hydrogens (tertiary/aromatic N) is 1. The van der Waals surface area contributed by atoms with Crippen molar-refractivity contribution in [2.24, 2.45) is 5.41 Å². The molecule has 4 nitrogen and oxygen atoms in total. The number of benzene rings is 2. The number of alkyl halides is 3. The number of ether oxygens (including phenoxy) is 1. The fourth-order valence-corrected chi connectivity index (χ4v) is 3.84. The number of likely N-dealkylation sites (tertiary alicyclic amines) is 1. The average Bonchev–Trinajstić information content (AvgIpc) is 3.17. The molecule has 1 amide bonds. The minimum Gasteiger partial charge on any atom is -0.377 e. The molecule has 162 valence electrons. The number of carbonyl (C=O) groups is 1. The third kappa shape index (κ3) is 5.02. The van der Waals surface area contributed by atoms with E-state index in [4.69, 9.17) is 4.74 Å². The van der Waals surface area contributed by atoms with Crippen molar-refractivity contribution in [3.63, 3.8) is 0 Å². The lowest BCUT2D eigenvalue weighted by molar-refractivity contribution is -0.218. The normalized spacial score (nSPS) is 19.7. The van der Waals surface area contributed by atoms with Crippen LogP contribution in [-0.4, -0.2) is 36.7 Å². The van der Waals surface area contributed by atoms with Crippen LogP contribution in [0.3, 0.4) is 0 Å². The molecule has 30 heavy (non-hydrogen) atoms. The van der Waals surface area contributed by atoms with Gasteiger partial charge in [-0.05, 0) is 36.6 Å². The highest BCUT2D eigenvalue weighted by molar-refractivity contribution is 5.84. The van der Waals surface area contributed by atoms with E-state index in [1.165, 1.54) is 0 Å². The van der Waals surface area contributed by atoms with Gasteiger partial charge in [-0.2, -0.15) is 13.2 Å². The van der Waals surface area contributed by atoms with E-state index in [1.807, 2.05) is 49.4 Å². The molecule has 0 saturated carbocycles. The molecule has 0 spiro atoms. The van der Waals surface area contributed by atoms with E-state index >= 15 is 0 Å². The van der Waals surface area contributed by atoms with E-state index in [0.717, 1.165) is 16.7 Å². The van der Waals surface area contributed by atoms with Crippen LogP contribution in [0.2, 0.25) is 0 Å². The summed E-state index contributed by atoms with van der Waals surface area (Å²) in [5, 5.41) is 2.55. The van der Waals surface area contributed by atoms with Crippen molar-refractivity contribution in [2.45, 2.75) is 39.2 Å². The number of halogens is 3. The molecule has 0 aromatic heterocycles. The second kappa shape index (κ2) is 9.62. The fourth-order valence-electron chi connectivity index (χ4n) is 3.84. The lowest BCUT2D eigenvalue weighted by atomic mass is 9.85. The third-order valence-electron chi connectivity index (χ3n) is 5.59. The van der Waals surface area contributed by atoms with Crippen LogP contribution >= 0.6 is 0 Å². The van der Waals surface area contributed by atoms with Crippen molar-refractivity contribution in [3.05, 3.63) is 71.3 Å².